The van der Waals surface area contributed by atoms with E-state index in [2.05, 4.69) is 24.0 Å². The molecule has 3 nitrogen and oxygen atoms in total. The van der Waals surface area contributed by atoms with Gasteiger partial charge in [-0.05, 0) is 77.8 Å². The normalized spacial score (nSPS) is 14.3. The fourth-order valence-electron chi connectivity index (χ4n) is 4.51. The van der Waals surface area contributed by atoms with E-state index in [0.717, 1.165) is 39.9 Å². The van der Waals surface area contributed by atoms with Crippen molar-refractivity contribution >= 4 is 63.2 Å². The van der Waals surface area contributed by atoms with Crippen LogP contribution >= 0.6 is 46.4 Å². The largest absolute Gasteiger partial charge is 0.361 e. The van der Waals surface area contributed by atoms with Crippen LogP contribution in [0.2, 0.25) is 20.1 Å². The number of hydrogen-bond acceptors (Lipinski definition) is 1. The summed E-state index contributed by atoms with van der Waals surface area (Å²) in [4.78, 5) is 18.9. The number of fused-ring (bicyclic) bond motifs is 1. The van der Waals surface area contributed by atoms with E-state index in [-0.39, 0.29) is 11.3 Å². The number of hydrogen-bond donors (Lipinski definition) is 1. The van der Waals surface area contributed by atoms with Crippen LogP contribution in [-0.2, 0) is 18.4 Å². The van der Waals surface area contributed by atoms with Crippen molar-refractivity contribution in [2.24, 2.45) is 0 Å². The monoisotopic (exact) mass is 544 g/mol. The topological polar surface area (TPSA) is 36.1 Å². The molecule has 3 aromatic carbocycles. The van der Waals surface area contributed by atoms with Gasteiger partial charge in [0.2, 0.25) is 0 Å². The van der Waals surface area contributed by atoms with E-state index in [1.807, 2.05) is 41.4 Å². The number of H-pyrrole nitrogens is 1. The van der Waals surface area contributed by atoms with Crippen LogP contribution in [0.4, 0.5) is 0 Å². The van der Waals surface area contributed by atoms with Crippen molar-refractivity contribution in [2.45, 2.75) is 38.1 Å². The first kappa shape index (κ1) is 24.5. The molecule has 0 radical (unpaired) electrons. The van der Waals surface area contributed by atoms with Crippen molar-refractivity contribution in [1.29, 1.82) is 0 Å². The molecule has 1 heterocycles. The second kappa shape index (κ2) is 9.71. The fraction of sp³-hybridized carbons (Fsp3) is 0.250. The lowest BCUT2D eigenvalue weighted by Gasteiger charge is -2.24. The summed E-state index contributed by atoms with van der Waals surface area (Å²) in [5, 5.41) is 3.19. The fourth-order valence-corrected chi connectivity index (χ4v) is 5.49. The standard InChI is InChI=1S/C28H24Cl4N2O/c1-28(8-9-28)22-4-2-18(13-24(22)31)16-34(11-7-17-3-5-23(30)25(32)12-17)27(35)21-15-20(29)14-19-6-10-33-26(19)21/h2-6,10,12-15,33H,7-9,11,16H2,1H3. The first-order chi connectivity index (χ1) is 16.7. The van der Waals surface area contributed by atoms with Gasteiger partial charge in [-0.3, -0.25) is 4.79 Å². The van der Waals surface area contributed by atoms with Gasteiger partial charge in [-0.25, -0.2) is 0 Å². The van der Waals surface area contributed by atoms with E-state index in [0.29, 0.717) is 40.1 Å². The molecule has 1 saturated carbocycles. The number of aromatic nitrogens is 1. The van der Waals surface area contributed by atoms with E-state index in [1.165, 1.54) is 5.56 Å². The minimum absolute atomic E-state index is 0.102. The number of benzene rings is 3. The number of aromatic amines is 1. The van der Waals surface area contributed by atoms with Gasteiger partial charge in [0.05, 0.1) is 21.1 Å². The molecule has 0 bridgehead atoms. The van der Waals surface area contributed by atoms with Gasteiger partial charge in [0.15, 0.2) is 0 Å². The molecule has 1 fully saturated rings. The predicted molar refractivity (Wildman–Crippen MR) is 146 cm³/mol. The van der Waals surface area contributed by atoms with Crippen LogP contribution < -0.4 is 0 Å². The summed E-state index contributed by atoms with van der Waals surface area (Å²) in [6.45, 7) is 3.15. The Labute approximate surface area is 224 Å². The zero-order valence-corrected chi connectivity index (χ0v) is 22.2. The highest BCUT2D eigenvalue weighted by atomic mass is 35.5. The highest BCUT2D eigenvalue weighted by Crippen LogP contribution is 2.50. The number of amides is 1. The Morgan fingerprint density at radius 2 is 1.66 bits per heavy atom. The number of carbonyl (C=O) groups is 1. The molecule has 7 heteroatoms. The Bertz CT molecular complexity index is 1420. The number of nitrogens with zero attached hydrogens (tertiary/aromatic N) is 1. The Hall–Kier alpha value is -2.17. The van der Waals surface area contributed by atoms with E-state index in [9.17, 15) is 4.79 Å². The quantitative estimate of drug-likeness (QED) is 0.247. The second-order valence-electron chi connectivity index (χ2n) is 9.50. The molecule has 0 unspecified atom stereocenters. The summed E-state index contributed by atoms with van der Waals surface area (Å²) in [5.74, 6) is -0.102. The first-order valence-corrected chi connectivity index (χ1v) is 13.0. The molecule has 1 aromatic heterocycles. The van der Waals surface area contributed by atoms with Crippen LogP contribution in [0.25, 0.3) is 10.9 Å². The van der Waals surface area contributed by atoms with Crippen molar-refractivity contribution < 1.29 is 4.79 Å². The smallest absolute Gasteiger partial charge is 0.256 e. The van der Waals surface area contributed by atoms with Crippen LogP contribution in [0.5, 0.6) is 0 Å². The SMILES string of the molecule is CC1(c2ccc(CN(CCc3ccc(Cl)c(Cl)c3)C(=O)c3cc(Cl)cc4cc[nH]c34)cc2Cl)CC1. The second-order valence-corrected chi connectivity index (χ2v) is 11.2. The molecule has 1 aliphatic carbocycles. The summed E-state index contributed by atoms with van der Waals surface area (Å²) in [5.41, 5.74) is 4.66. The van der Waals surface area contributed by atoms with Gasteiger partial charge in [0, 0.05) is 34.7 Å². The molecular weight excluding hydrogens is 522 g/mol. The van der Waals surface area contributed by atoms with E-state index in [4.69, 9.17) is 46.4 Å². The Balaban J connectivity index is 1.45. The van der Waals surface area contributed by atoms with Gasteiger partial charge in [-0.2, -0.15) is 0 Å². The van der Waals surface area contributed by atoms with Crippen molar-refractivity contribution in [3.63, 3.8) is 0 Å². The zero-order valence-electron chi connectivity index (χ0n) is 19.2. The highest BCUT2D eigenvalue weighted by molar-refractivity contribution is 6.42. The molecule has 0 spiro atoms. The van der Waals surface area contributed by atoms with Crippen molar-refractivity contribution in [3.05, 3.63) is 103 Å². The Morgan fingerprint density at radius 3 is 2.37 bits per heavy atom. The highest BCUT2D eigenvalue weighted by Gasteiger charge is 2.40. The van der Waals surface area contributed by atoms with Crippen molar-refractivity contribution in [2.75, 3.05) is 6.54 Å². The van der Waals surface area contributed by atoms with Crippen molar-refractivity contribution in [1.82, 2.24) is 9.88 Å². The van der Waals surface area contributed by atoms with Gasteiger partial charge in [0.25, 0.3) is 5.91 Å². The Kier molecular flexibility index (Phi) is 6.80. The van der Waals surface area contributed by atoms with Gasteiger partial charge in [0.1, 0.15) is 0 Å². The average Bonchev–Trinajstić information content (AvgIpc) is 3.39. The molecule has 180 valence electrons. The summed E-state index contributed by atoms with van der Waals surface area (Å²) in [7, 11) is 0. The van der Waals surface area contributed by atoms with Gasteiger partial charge >= 0.3 is 0 Å². The third-order valence-corrected chi connectivity index (χ3v) is 8.12. The molecular formula is C28H24Cl4N2O. The molecule has 1 aliphatic rings. The molecule has 0 saturated heterocycles. The summed E-state index contributed by atoms with van der Waals surface area (Å²) < 4.78 is 0. The maximum absolute atomic E-state index is 13.8. The van der Waals surface area contributed by atoms with Crippen molar-refractivity contribution in [3.8, 4) is 0 Å². The van der Waals surface area contributed by atoms with Crippen LogP contribution in [0, 0.1) is 0 Å². The lowest BCUT2D eigenvalue weighted by atomic mass is 9.97. The number of halogens is 4. The molecule has 0 aliphatic heterocycles. The number of carbonyl (C=O) groups excluding carboxylic acids is 1. The maximum Gasteiger partial charge on any atom is 0.256 e. The summed E-state index contributed by atoms with van der Waals surface area (Å²) in [6.07, 6.45) is 4.75. The zero-order chi connectivity index (χ0) is 24.7. The van der Waals surface area contributed by atoms with Gasteiger partial charge in [-0.1, -0.05) is 71.5 Å². The third kappa shape index (κ3) is 5.20. The molecule has 4 aromatic rings. The molecule has 5 rings (SSSR count). The summed E-state index contributed by atoms with van der Waals surface area (Å²) >= 11 is 25.3. The average molecular weight is 546 g/mol. The molecule has 35 heavy (non-hydrogen) atoms. The lowest BCUT2D eigenvalue weighted by molar-refractivity contribution is 0.0747. The van der Waals surface area contributed by atoms with E-state index >= 15 is 0 Å². The van der Waals surface area contributed by atoms with Crippen LogP contribution in [0.1, 0.15) is 46.8 Å². The molecule has 1 amide bonds. The maximum atomic E-state index is 13.8. The van der Waals surface area contributed by atoms with Crippen LogP contribution in [0.15, 0.2) is 60.8 Å². The third-order valence-electron chi connectivity index (χ3n) is 6.85. The lowest BCUT2D eigenvalue weighted by Crippen LogP contribution is -2.32. The predicted octanol–water partition coefficient (Wildman–Crippen LogP) is 8.72. The Morgan fingerprint density at radius 1 is 0.914 bits per heavy atom. The first-order valence-electron chi connectivity index (χ1n) is 11.5. The van der Waals surface area contributed by atoms with E-state index in [1.54, 1.807) is 12.1 Å². The number of nitrogens with one attached hydrogen (secondary N) is 1. The molecule has 1 N–H and O–H groups in total. The van der Waals surface area contributed by atoms with Gasteiger partial charge in [-0.15, -0.1) is 0 Å². The van der Waals surface area contributed by atoms with Gasteiger partial charge < -0.3 is 9.88 Å². The van der Waals surface area contributed by atoms with E-state index < -0.39 is 0 Å². The molecule has 0 atom stereocenters. The minimum Gasteiger partial charge on any atom is -0.361 e. The summed E-state index contributed by atoms with van der Waals surface area (Å²) in [6, 6.07) is 17.2. The minimum atomic E-state index is -0.102. The van der Waals surface area contributed by atoms with Crippen LogP contribution in [0.3, 0.4) is 0 Å². The number of rotatable bonds is 7. The van der Waals surface area contributed by atoms with Crippen LogP contribution in [-0.4, -0.2) is 22.3 Å².